The van der Waals surface area contributed by atoms with E-state index in [4.69, 9.17) is 14.2 Å². The molecule has 0 bridgehead atoms. The monoisotopic (exact) mass is 401 g/mol. The van der Waals surface area contributed by atoms with Crippen LogP contribution in [0.25, 0.3) is 0 Å². The van der Waals surface area contributed by atoms with E-state index in [1.165, 1.54) is 16.8 Å². The Morgan fingerprint density at radius 2 is 1.76 bits per heavy atom. The number of hydrogen-bond donors (Lipinski definition) is 0. The summed E-state index contributed by atoms with van der Waals surface area (Å²) < 4.78 is 16.4. The van der Waals surface area contributed by atoms with Crippen molar-refractivity contribution in [1.82, 2.24) is 14.7 Å². The first-order valence-corrected chi connectivity index (χ1v) is 9.40. The zero-order chi connectivity index (χ0) is 21.0. The van der Waals surface area contributed by atoms with Gasteiger partial charge in [0.2, 0.25) is 0 Å². The minimum absolute atomic E-state index is 0.183. The van der Waals surface area contributed by atoms with E-state index in [2.05, 4.69) is 5.10 Å². The van der Waals surface area contributed by atoms with Crippen molar-refractivity contribution in [2.24, 2.45) is 7.05 Å². The second kappa shape index (κ2) is 8.76. The predicted molar refractivity (Wildman–Crippen MR) is 102 cm³/mol. The van der Waals surface area contributed by atoms with Crippen LogP contribution in [0.3, 0.4) is 0 Å². The lowest BCUT2D eigenvalue weighted by molar-refractivity contribution is 0.0507. The zero-order valence-electron chi connectivity index (χ0n) is 16.6. The SMILES string of the molecule is CCOC(=O)Oc1ccc(C(=O)N2CCc3nn(C)c(C(=O)OCC)c3C2)cc1. The molecule has 3 rings (SSSR count). The number of rotatable bonds is 5. The van der Waals surface area contributed by atoms with Gasteiger partial charge in [0, 0.05) is 31.1 Å². The fourth-order valence-corrected chi connectivity index (χ4v) is 3.22. The van der Waals surface area contributed by atoms with Crippen molar-refractivity contribution < 1.29 is 28.6 Å². The van der Waals surface area contributed by atoms with Crippen LogP contribution in [0.15, 0.2) is 24.3 Å². The largest absolute Gasteiger partial charge is 0.513 e. The van der Waals surface area contributed by atoms with Gasteiger partial charge < -0.3 is 19.1 Å². The molecule has 29 heavy (non-hydrogen) atoms. The molecule has 1 aliphatic rings. The quantitative estimate of drug-likeness (QED) is 0.560. The summed E-state index contributed by atoms with van der Waals surface area (Å²) >= 11 is 0. The highest BCUT2D eigenvalue weighted by Gasteiger charge is 2.30. The van der Waals surface area contributed by atoms with Gasteiger partial charge in [0.1, 0.15) is 5.75 Å². The molecule has 154 valence electrons. The number of ether oxygens (including phenoxy) is 3. The number of carbonyl (C=O) groups is 3. The second-order valence-corrected chi connectivity index (χ2v) is 6.40. The molecule has 0 N–H and O–H groups in total. The second-order valence-electron chi connectivity index (χ2n) is 6.40. The number of hydrogen-bond acceptors (Lipinski definition) is 7. The summed E-state index contributed by atoms with van der Waals surface area (Å²) in [5.74, 6) is -0.340. The number of nitrogens with zero attached hydrogens (tertiary/aromatic N) is 3. The average molecular weight is 401 g/mol. The molecule has 1 aliphatic heterocycles. The number of carbonyl (C=O) groups excluding carboxylic acids is 3. The zero-order valence-corrected chi connectivity index (χ0v) is 16.6. The molecule has 0 saturated heterocycles. The van der Waals surface area contributed by atoms with Gasteiger partial charge in [-0.15, -0.1) is 0 Å². The van der Waals surface area contributed by atoms with Gasteiger partial charge >= 0.3 is 12.1 Å². The highest BCUT2D eigenvalue weighted by molar-refractivity contribution is 5.95. The fraction of sp³-hybridized carbons (Fsp3) is 0.400. The highest BCUT2D eigenvalue weighted by Crippen LogP contribution is 2.24. The molecule has 1 amide bonds. The Hall–Kier alpha value is -3.36. The molecule has 2 heterocycles. The van der Waals surface area contributed by atoms with Crippen LogP contribution in [0.1, 0.15) is 46.0 Å². The molecule has 0 saturated carbocycles. The molecule has 0 unspecified atom stereocenters. The van der Waals surface area contributed by atoms with E-state index in [0.29, 0.717) is 29.8 Å². The first kappa shape index (κ1) is 20.4. The first-order valence-electron chi connectivity index (χ1n) is 9.40. The number of esters is 1. The normalized spacial score (nSPS) is 12.9. The van der Waals surface area contributed by atoms with Gasteiger partial charge in [-0.25, -0.2) is 9.59 Å². The summed E-state index contributed by atoms with van der Waals surface area (Å²) in [5.41, 5.74) is 2.34. The molecule has 0 atom stereocenters. The summed E-state index contributed by atoms with van der Waals surface area (Å²) in [6, 6.07) is 6.24. The van der Waals surface area contributed by atoms with Gasteiger partial charge in [-0.2, -0.15) is 5.10 Å². The molecule has 0 spiro atoms. The molecular weight excluding hydrogens is 378 g/mol. The van der Waals surface area contributed by atoms with Crippen LogP contribution >= 0.6 is 0 Å². The average Bonchev–Trinajstić information content (AvgIpc) is 3.03. The highest BCUT2D eigenvalue weighted by atomic mass is 16.7. The van der Waals surface area contributed by atoms with E-state index < -0.39 is 12.1 Å². The van der Waals surface area contributed by atoms with Crippen LogP contribution in [0.5, 0.6) is 5.75 Å². The third-order valence-electron chi connectivity index (χ3n) is 4.52. The van der Waals surface area contributed by atoms with Crippen LogP contribution in [0.2, 0.25) is 0 Å². The Morgan fingerprint density at radius 3 is 2.41 bits per heavy atom. The van der Waals surface area contributed by atoms with Crippen molar-refractivity contribution in [3.05, 3.63) is 46.8 Å². The molecule has 2 aromatic rings. The fourth-order valence-electron chi connectivity index (χ4n) is 3.22. The lowest BCUT2D eigenvalue weighted by Crippen LogP contribution is -2.36. The first-order chi connectivity index (χ1) is 13.9. The van der Waals surface area contributed by atoms with Crippen molar-refractivity contribution in [2.45, 2.75) is 26.8 Å². The Morgan fingerprint density at radius 1 is 1.07 bits per heavy atom. The van der Waals surface area contributed by atoms with Gasteiger partial charge in [-0.3, -0.25) is 9.48 Å². The number of aromatic nitrogens is 2. The molecule has 9 nitrogen and oxygen atoms in total. The lowest BCUT2D eigenvalue weighted by atomic mass is 10.0. The van der Waals surface area contributed by atoms with Crippen LogP contribution in [-0.2, 0) is 29.5 Å². The summed E-state index contributed by atoms with van der Waals surface area (Å²) in [6.07, 6.45) is -0.239. The Kier molecular flexibility index (Phi) is 6.16. The molecule has 0 radical (unpaired) electrons. The van der Waals surface area contributed by atoms with Gasteiger partial charge in [0.25, 0.3) is 5.91 Å². The Bertz CT molecular complexity index is 919. The van der Waals surface area contributed by atoms with Crippen molar-refractivity contribution in [3.8, 4) is 5.75 Å². The molecule has 1 aromatic carbocycles. The van der Waals surface area contributed by atoms with Gasteiger partial charge in [-0.1, -0.05) is 0 Å². The van der Waals surface area contributed by atoms with Gasteiger partial charge in [0.15, 0.2) is 5.69 Å². The van der Waals surface area contributed by atoms with Gasteiger partial charge in [0.05, 0.1) is 25.5 Å². The topological polar surface area (TPSA) is 100.0 Å². The number of aryl methyl sites for hydroxylation is 1. The van der Waals surface area contributed by atoms with Crippen molar-refractivity contribution >= 4 is 18.0 Å². The molecule has 1 aromatic heterocycles. The maximum absolute atomic E-state index is 12.9. The Labute approximate surface area is 168 Å². The third-order valence-corrected chi connectivity index (χ3v) is 4.52. The molecule has 0 fully saturated rings. The van der Waals surface area contributed by atoms with Crippen LogP contribution in [0.4, 0.5) is 4.79 Å². The van der Waals surface area contributed by atoms with Crippen molar-refractivity contribution in [2.75, 3.05) is 19.8 Å². The summed E-state index contributed by atoms with van der Waals surface area (Å²) in [4.78, 5) is 38.2. The number of fused-ring (bicyclic) bond motifs is 1. The summed E-state index contributed by atoms with van der Waals surface area (Å²) in [6.45, 7) is 4.67. The van der Waals surface area contributed by atoms with Crippen molar-refractivity contribution in [3.63, 3.8) is 0 Å². The Balaban J connectivity index is 1.74. The van der Waals surface area contributed by atoms with Crippen molar-refractivity contribution in [1.29, 1.82) is 0 Å². The van der Waals surface area contributed by atoms with E-state index in [9.17, 15) is 14.4 Å². The standard InChI is InChI=1S/C20H23N3O6/c1-4-27-19(25)17-15-12-23(11-10-16(15)21-22(17)3)18(24)13-6-8-14(9-7-13)29-20(26)28-5-2/h6-9H,4-5,10-12H2,1-3H3. The molecular formula is C20H23N3O6. The molecule has 0 aliphatic carbocycles. The number of benzene rings is 1. The molecule has 9 heteroatoms. The van der Waals surface area contributed by atoms with E-state index in [1.807, 2.05) is 0 Å². The minimum atomic E-state index is -0.793. The van der Waals surface area contributed by atoms with E-state index >= 15 is 0 Å². The van der Waals surface area contributed by atoms with Crippen LogP contribution < -0.4 is 4.74 Å². The number of amides is 1. The maximum Gasteiger partial charge on any atom is 0.513 e. The van der Waals surface area contributed by atoms with Crippen LogP contribution in [0, 0.1) is 0 Å². The van der Waals surface area contributed by atoms with Gasteiger partial charge in [-0.05, 0) is 38.1 Å². The predicted octanol–water partition coefficient (Wildman–Crippen LogP) is 2.33. The minimum Gasteiger partial charge on any atom is -0.461 e. The smallest absolute Gasteiger partial charge is 0.461 e. The third kappa shape index (κ3) is 4.39. The maximum atomic E-state index is 12.9. The van der Waals surface area contributed by atoms with Crippen LogP contribution in [-0.4, -0.2) is 52.5 Å². The van der Waals surface area contributed by atoms with E-state index in [-0.39, 0.29) is 31.4 Å². The summed E-state index contributed by atoms with van der Waals surface area (Å²) in [7, 11) is 1.69. The van der Waals surface area contributed by atoms with E-state index in [0.717, 1.165) is 5.69 Å². The lowest BCUT2D eigenvalue weighted by Gasteiger charge is -2.27. The summed E-state index contributed by atoms with van der Waals surface area (Å²) in [5, 5.41) is 4.39. The van der Waals surface area contributed by atoms with E-state index in [1.54, 1.807) is 37.9 Å².